The molecule has 0 atom stereocenters. The minimum absolute atomic E-state index is 0.185. The molecule has 0 aliphatic heterocycles. The van der Waals surface area contributed by atoms with Gasteiger partial charge in [-0.05, 0) is 65.7 Å². The Balaban J connectivity index is 1.08. The maximum absolute atomic E-state index is 6.65. The molecule has 9 heteroatoms. The summed E-state index contributed by atoms with van der Waals surface area (Å²) in [6.07, 6.45) is 0. The lowest BCUT2D eigenvalue weighted by Crippen LogP contribution is -2.56. The Labute approximate surface area is 339 Å². The number of fused-ring (bicyclic) bond motifs is 9. The van der Waals surface area contributed by atoms with Gasteiger partial charge in [0.25, 0.3) is 0 Å². The van der Waals surface area contributed by atoms with Crippen molar-refractivity contribution in [2.45, 2.75) is 0 Å². The summed E-state index contributed by atoms with van der Waals surface area (Å²) >= 11 is 1.81. The van der Waals surface area contributed by atoms with Crippen LogP contribution in [0.2, 0.25) is 0 Å². The fourth-order valence-electron chi connectivity index (χ4n) is 8.46. The van der Waals surface area contributed by atoms with Crippen molar-refractivity contribution in [2.75, 3.05) is 4.90 Å². The smallest absolute Gasteiger partial charge is 0.159 e. The number of furan rings is 1. The quantitative estimate of drug-likeness (QED) is 0.167. The molecule has 57 heavy (non-hydrogen) atoms. The normalized spacial score (nSPS) is 11.9. The first kappa shape index (κ1) is 34.0. The number of anilines is 3. The third kappa shape index (κ3) is 5.12. The first-order chi connectivity index (χ1) is 27.9. The number of para-hydroxylation sites is 3. The molecule has 0 aliphatic rings. The van der Waals surface area contributed by atoms with Gasteiger partial charge in [-0.1, -0.05) is 108 Å². The van der Waals surface area contributed by atoms with Crippen LogP contribution in [0.3, 0.4) is 0 Å². The molecule has 0 fully saturated rings. The van der Waals surface area contributed by atoms with Gasteiger partial charge >= 0.3 is 0 Å². The van der Waals surface area contributed by atoms with E-state index in [0.29, 0.717) is 5.69 Å². The van der Waals surface area contributed by atoms with Crippen LogP contribution in [0.15, 0.2) is 156 Å². The number of benzene rings is 8. The Morgan fingerprint density at radius 2 is 1.04 bits per heavy atom. The van der Waals surface area contributed by atoms with E-state index in [4.69, 9.17) is 43.6 Å². The molecule has 0 bridgehead atoms. The minimum atomic E-state index is 0.185. The van der Waals surface area contributed by atoms with Gasteiger partial charge in [0.2, 0.25) is 0 Å². The molecule has 3 aromatic heterocycles. The van der Waals surface area contributed by atoms with Crippen molar-refractivity contribution >= 4 is 159 Å². The van der Waals surface area contributed by atoms with E-state index in [9.17, 15) is 0 Å². The van der Waals surface area contributed by atoms with Gasteiger partial charge in [0.1, 0.15) is 44.8 Å². The second-order valence-electron chi connectivity index (χ2n) is 14.4. The van der Waals surface area contributed by atoms with E-state index in [1.807, 2.05) is 46.2 Å². The monoisotopic (exact) mass is 732 g/mol. The van der Waals surface area contributed by atoms with Crippen LogP contribution in [0.1, 0.15) is 0 Å². The summed E-state index contributed by atoms with van der Waals surface area (Å²) in [5, 5.41) is 6.77. The first-order valence-corrected chi connectivity index (χ1v) is 19.4. The number of nitrogens with zero attached hydrogens (tertiary/aromatic N) is 2. The molecule has 11 aromatic rings. The molecule has 0 aliphatic carbocycles. The highest BCUT2D eigenvalue weighted by molar-refractivity contribution is 7.25. The summed E-state index contributed by atoms with van der Waals surface area (Å²) in [6.45, 7) is 0. The molecular formula is C48H25B5N2OS. The topological polar surface area (TPSA) is 21.3 Å². The van der Waals surface area contributed by atoms with Crippen molar-refractivity contribution in [3.8, 4) is 16.8 Å². The summed E-state index contributed by atoms with van der Waals surface area (Å²) in [6, 6.07) is 53.1. The molecule has 0 amide bonds. The molecule has 3 nitrogen and oxygen atoms in total. The molecule has 254 valence electrons. The maximum Gasteiger partial charge on any atom is 0.159 e. The van der Waals surface area contributed by atoms with Gasteiger partial charge in [0.15, 0.2) is 5.58 Å². The highest BCUT2D eigenvalue weighted by atomic mass is 32.1. The van der Waals surface area contributed by atoms with Crippen LogP contribution in [-0.2, 0) is 0 Å². The Hall–Kier alpha value is -6.30. The van der Waals surface area contributed by atoms with Gasteiger partial charge in [-0.25, -0.2) is 0 Å². The van der Waals surface area contributed by atoms with E-state index in [0.717, 1.165) is 71.9 Å². The molecule has 0 unspecified atom stereocenters. The van der Waals surface area contributed by atoms with Gasteiger partial charge in [0, 0.05) is 58.8 Å². The lowest BCUT2D eigenvalue weighted by molar-refractivity contribution is 0.669. The zero-order chi connectivity index (χ0) is 38.5. The summed E-state index contributed by atoms with van der Waals surface area (Å²) in [7, 11) is 32.3. The third-order valence-electron chi connectivity index (χ3n) is 11.3. The van der Waals surface area contributed by atoms with Gasteiger partial charge in [-0.2, -0.15) is 0 Å². The van der Waals surface area contributed by atoms with E-state index >= 15 is 0 Å². The van der Waals surface area contributed by atoms with Gasteiger partial charge in [0.05, 0.1) is 16.7 Å². The molecule has 3 heterocycles. The minimum Gasteiger partial charge on any atom is -0.454 e. The zero-order valence-electron chi connectivity index (χ0n) is 30.5. The van der Waals surface area contributed by atoms with Gasteiger partial charge in [-0.15, -0.1) is 27.7 Å². The van der Waals surface area contributed by atoms with Crippen LogP contribution in [0.4, 0.5) is 17.1 Å². The Morgan fingerprint density at radius 1 is 0.439 bits per heavy atom. The van der Waals surface area contributed by atoms with Crippen LogP contribution in [-0.4, -0.2) is 43.8 Å². The van der Waals surface area contributed by atoms with Crippen molar-refractivity contribution < 1.29 is 4.42 Å². The molecule has 0 N–H and O–H groups in total. The average molecular weight is 732 g/mol. The number of hydrogen-bond acceptors (Lipinski definition) is 3. The molecule has 0 saturated heterocycles. The number of hydrogen-bond donors (Lipinski definition) is 0. The van der Waals surface area contributed by atoms with Crippen molar-refractivity contribution in [2.24, 2.45) is 0 Å². The fourth-order valence-corrected chi connectivity index (χ4v) is 9.60. The van der Waals surface area contributed by atoms with Crippen molar-refractivity contribution in [3.63, 3.8) is 0 Å². The van der Waals surface area contributed by atoms with Crippen molar-refractivity contribution in [3.05, 3.63) is 152 Å². The van der Waals surface area contributed by atoms with Gasteiger partial charge in [-0.3, -0.25) is 0 Å². The maximum atomic E-state index is 6.65. The Morgan fingerprint density at radius 3 is 1.84 bits per heavy atom. The number of aromatic nitrogens is 1. The lowest BCUT2D eigenvalue weighted by atomic mass is 9.61. The second kappa shape index (κ2) is 12.9. The molecule has 0 saturated carbocycles. The highest BCUT2D eigenvalue weighted by Gasteiger charge is 2.22. The summed E-state index contributed by atoms with van der Waals surface area (Å²) in [4.78, 5) is 2.29. The van der Waals surface area contributed by atoms with Crippen molar-refractivity contribution in [1.82, 2.24) is 4.57 Å². The first-order valence-electron chi connectivity index (χ1n) is 18.6. The molecule has 0 spiro atoms. The van der Waals surface area contributed by atoms with E-state index in [1.165, 1.54) is 20.2 Å². The Bertz CT molecular complexity index is 3410. The van der Waals surface area contributed by atoms with E-state index < -0.39 is 0 Å². The standard InChI is InChI=1S/C48H25B5N2OS/c49-42-43(50)45(52)47(46(53)44(42)51)55-36-12-4-1-8-30(36)31-22-18-27(24-38(31)55)26-16-19-28(20-17-26)54(29-21-23-34-33-10-3-6-15-40(33)57-41(34)25-29)37-13-7-11-35-32-9-2-5-14-39(32)56-48(35)37/h1-25H. The zero-order valence-corrected chi connectivity index (χ0v) is 31.3. The average Bonchev–Trinajstić information content (AvgIpc) is 3.92. The van der Waals surface area contributed by atoms with Crippen LogP contribution in [0, 0.1) is 0 Å². The second-order valence-corrected chi connectivity index (χ2v) is 15.5. The summed E-state index contributed by atoms with van der Waals surface area (Å²) < 4.78 is 11.1. The Kier molecular flexibility index (Phi) is 7.68. The number of thiophene rings is 1. The summed E-state index contributed by atoms with van der Waals surface area (Å²) in [5.74, 6) is 0. The van der Waals surface area contributed by atoms with Crippen LogP contribution >= 0.6 is 11.3 Å². The van der Waals surface area contributed by atoms with E-state index in [1.54, 1.807) is 0 Å². The largest absolute Gasteiger partial charge is 0.454 e. The highest BCUT2D eigenvalue weighted by Crippen LogP contribution is 2.45. The molecule has 11 rings (SSSR count). The summed E-state index contributed by atoms with van der Waals surface area (Å²) in [5.41, 5.74) is 10.3. The van der Waals surface area contributed by atoms with Crippen LogP contribution < -0.4 is 32.2 Å². The molecule has 10 radical (unpaired) electrons. The lowest BCUT2D eigenvalue weighted by Gasteiger charge is -2.26. The van der Waals surface area contributed by atoms with E-state index in [2.05, 4.69) is 126 Å². The third-order valence-corrected chi connectivity index (χ3v) is 12.4. The van der Waals surface area contributed by atoms with Crippen LogP contribution in [0.5, 0.6) is 0 Å². The predicted molar refractivity (Wildman–Crippen MR) is 248 cm³/mol. The van der Waals surface area contributed by atoms with E-state index in [-0.39, 0.29) is 27.3 Å². The predicted octanol–water partition coefficient (Wildman–Crippen LogP) is 8.16. The van der Waals surface area contributed by atoms with Crippen molar-refractivity contribution in [1.29, 1.82) is 0 Å². The molecular weight excluding hydrogens is 707 g/mol. The number of rotatable bonds is 5. The van der Waals surface area contributed by atoms with Gasteiger partial charge < -0.3 is 13.9 Å². The SMILES string of the molecule is [B]c1c([B])c([B])c(-n2c3ccccc3c3ccc(-c4ccc(N(c5ccc6c(c5)sc5ccccc56)c5cccc6c5oc5ccccc56)cc4)cc32)c([B])c1[B]. The fraction of sp³-hybridized carbons (Fsp3) is 0. The molecule has 8 aromatic carbocycles. The van der Waals surface area contributed by atoms with Crippen LogP contribution in [0.25, 0.3) is 80.7 Å².